The van der Waals surface area contributed by atoms with Crippen LogP contribution in [0.25, 0.3) is 10.9 Å². The quantitative estimate of drug-likeness (QED) is 0.290. The molecule has 1 aromatic heterocycles. The maximum atomic E-state index is 13.8. The fourth-order valence-corrected chi connectivity index (χ4v) is 5.04. The summed E-state index contributed by atoms with van der Waals surface area (Å²) < 4.78 is 45.9. The van der Waals surface area contributed by atoms with Crippen molar-refractivity contribution in [3.63, 3.8) is 0 Å². The van der Waals surface area contributed by atoms with Gasteiger partial charge in [0, 0.05) is 36.3 Å². The highest BCUT2D eigenvalue weighted by Crippen LogP contribution is 2.40. The van der Waals surface area contributed by atoms with Crippen molar-refractivity contribution < 1.29 is 38.0 Å². The summed E-state index contributed by atoms with van der Waals surface area (Å²) in [7, 11) is 1.52. The average Bonchev–Trinajstić information content (AvgIpc) is 2.93. The molecule has 1 atom stereocenters. The van der Waals surface area contributed by atoms with Crippen LogP contribution in [0, 0.1) is 34.7 Å². The molecule has 2 heterocycles. The number of fused-ring (bicyclic) bond motifs is 1. The molecule has 10 heteroatoms. The van der Waals surface area contributed by atoms with Gasteiger partial charge in [-0.15, -0.1) is 0 Å². The van der Waals surface area contributed by atoms with Gasteiger partial charge in [-0.25, -0.2) is 13.2 Å². The average molecular weight is 543 g/mol. The van der Waals surface area contributed by atoms with E-state index in [1.165, 1.54) is 13.3 Å². The van der Waals surface area contributed by atoms with Crippen LogP contribution in [0.2, 0.25) is 0 Å². The van der Waals surface area contributed by atoms with Crippen molar-refractivity contribution in [2.75, 3.05) is 26.7 Å². The molecule has 1 aliphatic rings. The Labute approximate surface area is 223 Å². The molecular weight excluding hydrogens is 513 g/mol. The third-order valence-corrected chi connectivity index (χ3v) is 7.38. The highest BCUT2D eigenvalue weighted by atomic mass is 19.2. The number of piperidine rings is 1. The second kappa shape index (κ2) is 12.0. The number of aliphatic hydroxyl groups excluding tert-OH is 2. The molecule has 0 aliphatic carbocycles. The fraction of sp³-hybridized carbons (Fsp3) is 0.379. The van der Waals surface area contributed by atoms with Crippen molar-refractivity contribution in [3.05, 3.63) is 70.7 Å². The minimum absolute atomic E-state index is 0.153. The molecule has 1 saturated heterocycles. The molecule has 0 spiro atoms. The Morgan fingerprint density at radius 3 is 2.62 bits per heavy atom. The van der Waals surface area contributed by atoms with Gasteiger partial charge in [-0.1, -0.05) is 11.8 Å². The minimum Gasteiger partial charge on any atom is -0.497 e. The van der Waals surface area contributed by atoms with Crippen LogP contribution in [0.15, 0.2) is 36.5 Å². The molecule has 7 nitrogen and oxygen atoms in total. The number of ether oxygens (including phenoxy) is 1. The van der Waals surface area contributed by atoms with Gasteiger partial charge in [-0.3, -0.25) is 14.7 Å². The first-order chi connectivity index (χ1) is 18.7. The Hall–Kier alpha value is -3.65. The molecule has 1 aliphatic heterocycles. The standard InChI is InChI=1S/C29H29F3N2O5/c1-39-21-4-5-24-22(15-21)26(19(17-35)16-33-24)25(36)6-7-29(28(37)38)8-11-34(12-9-29)10-2-3-18-13-20(30)14-23(31)27(18)32/h4-5,13-16,25,35-36H,6-12,17H2,1H3,(H,37,38)/t25-/m0/s1. The second-order valence-corrected chi connectivity index (χ2v) is 9.71. The van der Waals surface area contributed by atoms with Crippen LogP contribution in [0.5, 0.6) is 5.75 Å². The van der Waals surface area contributed by atoms with Crippen LogP contribution >= 0.6 is 0 Å². The normalized spacial score (nSPS) is 15.9. The van der Waals surface area contributed by atoms with Crippen molar-refractivity contribution >= 4 is 16.9 Å². The van der Waals surface area contributed by atoms with Gasteiger partial charge in [-0.05, 0) is 55.5 Å². The number of carbonyl (C=O) groups is 1. The van der Waals surface area contributed by atoms with Crippen molar-refractivity contribution in [2.45, 2.75) is 38.4 Å². The zero-order chi connectivity index (χ0) is 28.2. The summed E-state index contributed by atoms with van der Waals surface area (Å²) in [4.78, 5) is 18.6. The van der Waals surface area contributed by atoms with Crippen LogP contribution in [-0.2, 0) is 11.4 Å². The van der Waals surface area contributed by atoms with Crippen LogP contribution in [0.1, 0.15) is 48.5 Å². The number of hydrogen-bond donors (Lipinski definition) is 3. The van der Waals surface area contributed by atoms with Crippen LogP contribution in [0.3, 0.4) is 0 Å². The van der Waals surface area contributed by atoms with Gasteiger partial charge in [0.15, 0.2) is 11.6 Å². The van der Waals surface area contributed by atoms with E-state index in [1.54, 1.807) is 18.2 Å². The number of carboxylic acid groups (broad SMARTS) is 1. The van der Waals surface area contributed by atoms with Gasteiger partial charge in [0.05, 0.1) is 42.9 Å². The Morgan fingerprint density at radius 1 is 1.21 bits per heavy atom. The Balaban J connectivity index is 1.44. The first-order valence-electron chi connectivity index (χ1n) is 12.5. The molecule has 4 rings (SSSR count). The van der Waals surface area contributed by atoms with E-state index >= 15 is 0 Å². The third-order valence-electron chi connectivity index (χ3n) is 7.38. The number of pyridine rings is 1. The van der Waals surface area contributed by atoms with E-state index in [2.05, 4.69) is 16.8 Å². The number of aliphatic carboxylic acids is 1. The summed E-state index contributed by atoms with van der Waals surface area (Å²) >= 11 is 0. The number of likely N-dealkylation sites (tertiary alicyclic amines) is 1. The van der Waals surface area contributed by atoms with Gasteiger partial charge >= 0.3 is 5.97 Å². The molecule has 0 radical (unpaired) electrons. The van der Waals surface area contributed by atoms with E-state index < -0.39 is 34.9 Å². The predicted octanol–water partition coefficient (Wildman–Crippen LogP) is 4.19. The maximum Gasteiger partial charge on any atom is 0.309 e. The number of methoxy groups -OCH3 is 1. The number of aromatic nitrogens is 1. The summed E-state index contributed by atoms with van der Waals surface area (Å²) in [5.74, 6) is 1.32. The second-order valence-electron chi connectivity index (χ2n) is 9.71. The first kappa shape index (κ1) is 28.4. The van der Waals surface area contributed by atoms with Crippen LogP contribution in [0.4, 0.5) is 13.2 Å². The van der Waals surface area contributed by atoms with Gasteiger partial charge < -0.3 is 20.1 Å². The maximum absolute atomic E-state index is 13.8. The lowest BCUT2D eigenvalue weighted by atomic mass is 9.74. The largest absolute Gasteiger partial charge is 0.497 e. The van der Waals surface area contributed by atoms with Gasteiger partial charge in [0.1, 0.15) is 11.6 Å². The molecule has 0 bridgehead atoms. The Morgan fingerprint density at radius 2 is 1.95 bits per heavy atom. The number of aliphatic hydroxyl groups is 2. The van der Waals surface area contributed by atoms with Crippen molar-refractivity contribution in [1.82, 2.24) is 9.88 Å². The lowest BCUT2D eigenvalue weighted by molar-refractivity contribution is -0.153. The minimum atomic E-state index is -1.31. The van der Waals surface area contributed by atoms with Crippen molar-refractivity contribution in [1.29, 1.82) is 0 Å². The van der Waals surface area contributed by atoms with Crippen LogP contribution < -0.4 is 4.74 Å². The molecule has 3 aromatic rings. The van der Waals surface area contributed by atoms with Crippen molar-refractivity contribution in [2.24, 2.45) is 5.41 Å². The SMILES string of the molecule is COc1ccc2ncc(CO)c([C@@H](O)CCC3(C(=O)O)CCN(CC#Cc4cc(F)cc(F)c4F)CC3)c2c1. The van der Waals surface area contributed by atoms with Crippen molar-refractivity contribution in [3.8, 4) is 17.6 Å². The van der Waals surface area contributed by atoms with E-state index in [9.17, 15) is 33.3 Å². The Kier molecular flexibility index (Phi) is 8.75. The monoisotopic (exact) mass is 542 g/mol. The summed E-state index contributed by atoms with van der Waals surface area (Å²) in [5.41, 5.74) is 0.126. The fourth-order valence-electron chi connectivity index (χ4n) is 5.04. The number of benzene rings is 2. The smallest absolute Gasteiger partial charge is 0.309 e. The van der Waals surface area contributed by atoms with Crippen LogP contribution in [-0.4, -0.2) is 57.9 Å². The highest BCUT2D eigenvalue weighted by Gasteiger charge is 2.41. The molecule has 0 unspecified atom stereocenters. The van der Waals surface area contributed by atoms with Gasteiger partial charge in [-0.2, -0.15) is 0 Å². The third kappa shape index (κ3) is 6.17. The molecule has 1 fully saturated rings. The van der Waals surface area contributed by atoms with E-state index in [-0.39, 0.29) is 31.6 Å². The summed E-state index contributed by atoms with van der Waals surface area (Å²) in [6.07, 6.45) is 1.43. The highest BCUT2D eigenvalue weighted by molar-refractivity contribution is 5.85. The molecule has 0 saturated carbocycles. The summed E-state index contributed by atoms with van der Waals surface area (Å²) in [6, 6.07) is 6.51. The molecule has 2 aromatic carbocycles. The number of carboxylic acids is 1. The molecule has 0 amide bonds. The van der Waals surface area contributed by atoms with E-state index in [1.807, 2.05) is 4.90 Å². The predicted molar refractivity (Wildman–Crippen MR) is 137 cm³/mol. The number of nitrogens with zero attached hydrogens (tertiary/aromatic N) is 2. The molecule has 206 valence electrons. The molecule has 39 heavy (non-hydrogen) atoms. The lowest BCUT2D eigenvalue weighted by Gasteiger charge is -2.38. The van der Waals surface area contributed by atoms with E-state index in [0.717, 1.165) is 6.07 Å². The van der Waals surface area contributed by atoms with Gasteiger partial charge in [0.25, 0.3) is 0 Å². The number of rotatable bonds is 8. The van der Waals surface area contributed by atoms with E-state index in [4.69, 9.17) is 4.74 Å². The lowest BCUT2D eigenvalue weighted by Crippen LogP contribution is -2.44. The zero-order valence-electron chi connectivity index (χ0n) is 21.4. The molecular formula is C29H29F3N2O5. The molecule has 3 N–H and O–H groups in total. The number of hydrogen-bond acceptors (Lipinski definition) is 6. The first-order valence-corrected chi connectivity index (χ1v) is 12.5. The summed E-state index contributed by atoms with van der Waals surface area (Å²) in [6.45, 7) is 0.641. The van der Waals surface area contributed by atoms with E-state index in [0.29, 0.717) is 59.8 Å². The Bertz CT molecular complexity index is 1420. The topological polar surface area (TPSA) is 103 Å². The zero-order valence-corrected chi connectivity index (χ0v) is 21.4. The van der Waals surface area contributed by atoms with Gasteiger partial charge in [0.2, 0.25) is 0 Å². The number of halogens is 3. The summed E-state index contributed by atoms with van der Waals surface area (Å²) in [5, 5.41) is 31.8.